The van der Waals surface area contributed by atoms with Crippen LogP contribution in [0, 0.1) is 0 Å². The van der Waals surface area contributed by atoms with E-state index in [1.54, 1.807) is 16.7 Å². The molecule has 2 aromatic rings. The number of amides is 2. The van der Waals surface area contributed by atoms with Crippen LogP contribution in [-0.4, -0.2) is 44.1 Å². The fraction of sp³-hybridized carbons (Fsp3) is 0.429. The van der Waals surface area contributed by atoms with Gasteiger partial charge in [0.1, 0.15) is 11.9 Å². The Morgan fingerprint density at radius 1 is 1.04 bits per heavy atom. The summed E-state index contributed by atoms with van der Waals surface area (Å²) in [5.41, 5.74) is 2.08. The fourth-order valence-corrected chi connectivity index (χ4v) is 3.01. The van der Waals surface area contributed by atoms with E-state index in [9.17, 15) is 9.59 Å². The van der Waals surface area contributed by atoms with Crippen molar-refractivity contribution in [2.75, 3.05) is 6.54 Å². The number of aryl methyl sites for hydroxylation is 1. The third-order valence-electron chi connectivity index (χ3n) is 4.53. The van der Waals surface area contributed by atoms with Crippen molar-refractivity contribution in [1.29, 1.82) is 0 Å². The van der Waals surface area contributed by atoms with Crippen molar-refractivity contribution in [1.82, 2.24) is 14.4 Å². The number of carbonyl (C=O) groups is 2. The predicted molar refractivity (Wildman–Crippen MR) is 108 cm³/mol. The van der Waals surface area contributed by atoms with Gasteiger partial charge in [-0.3, -0.25) is 9.59 Å². The van der Waals surface area contributed by atoms with Crippen molar-refractivity contribution >= 4 is 23.4 Å². The Balaban J connectivity index is 2.21. The number of halogens is 1. The Morgan fingerprint density at radius 2 is 1.70 bits per heavy atom. The zero-order valence-electron chi connectivity index (χ0n) is 16.4. The number of nitrogens with zero attached hydrogens (tertiary/aromatic N) is 3. The Morgan fingerprint density at radius 3 is 2.22 bits per heavy atom. The SMILES string of the molecule is CC(C)N(CC(=O)N(Cc1ccccc1)Cc1cccn1C)C(=O)[C@@H](C)Cl. The van der Waals surface area contributed by atoms with Crippen LogP contribution in [0.3, 0.4) is 0 Å². The van der Waals surface area contributed by atoms with Crippen molar-refractivity contribution in [2.45, 2.75) is 45.3 Å². The minimum Gasteiger partial charge on any atom is -0.353 e. The zero-order chi connectivity index (χ0) is 20.0. The van der Waals surface area contributed by atoms with Crippen LogP contribution < -0.4 is 0 Å². The minimum atomic E-state index is -0.657. The molecule has 1 atom stereocenters. The molecule has 0 saturated carbocycles. The first-order valence-corrected chi connectivity index (χ1v) is 9.59. The summed E-state index contributed by atoms with van der Waals surface area (Å²) in [6.07, 6.45) is 1.96. The molecule has 5 nitrogen and oxygen atoms in total. The quantitative estimate of drug-likeness (QED) is 0.649. The van der Waals surface area contributed by atoms with Gasteiger partial charge in [-0.15, -0.1) is 11.6 Å². The van der Waals surface area contributed by atoms with Crippen LogP contribution in [0.15, 0.2) is 48.7 Å². The molecular formula is C21H28ClN3O2. The van der Waals surface area contributed by atoms with E-state index >= 15 is 0 Å². The zero-order valence-corrected chi connectivity index (χ0v) is 17.2. The van der Waals surface area contributed by atoms with E-state index in [0.717, 1.165) is 11.3 Å². The maximum absolute atomic E-state index is 13.1. The molecule has 0 radical (unpaired) electrons. The van der Waals surface area contributed by atoms with Crippen molar-refractivity contribution < 1.29 is 9.59 Å². The molecule has 1 aromatic heterocycles. The Bertz CT molecular complexity index is 756. The highest BCUT2D eigenvalue weighted by molar-refractivity contribution is 6.30. The monoisotopic (exact) mass is 389 g/mol. The molecule has 6 heteroatoms. The van der Waals surface area contributed by atoms with Gasteiger partial charge < -0.3 is 14.4 Å². The van der Waals surface area contributed by atoms with Gasteiger partial charge in [-0.1, -0.05) is 30.3 Å². The average Bonchev–Trinajstić information content (AvgIpc) is 3.03. The van der Waals surface area contributed by atoms with Crippen molar-refractivity contribution in [3.8, 4) is 0 Å². The second-order valence-electron chi connectivity index (χ2n) is 7.02. The molecule has 0 unspecified atom stereocenters. The lowest BCUT2D eigenvalue weighted by Gasteiger charge is -2.31. The lowest BCUT2D eigenvalue weighted by molar-refractivity contribution is -0.142. The summed E-state index contributed by atoms with van der Waals surface area (Å²) in [6.45, 7) is 6.40. The molecule has 2 rings (SSSR count). The van der Waals surface area contributed by atoms with Gasteiger partial charge >= 0.3 is 0 Å². The molecule has 27 heavy (non-hydrogen) atoms. The molecule has 1 heterocycles. The fourth-order valence-electron chi connectivity index (χ4n) is 2.88. The maximum atomic E-state index is 13.1. The first-order chi connectivity index (χ1) is 12.8. The van der Waals surface area contributed by atoms with Crippen LogP contribution in [0.25, 0.3) is 0 Å². The molecule has 2 amide bonds. The van der Waals surface area contributed by atoms with Gasteiger partial charge in [-0.2, -0.15) is 0 Å². The molecule has 0 bridgehead atoms. The van der Waals surface area contributed by atoms with Gasteiger partial charge in [0.15, 0.2) is 0 Å². The molecule has 0 fully saturated rings. The van der Waals surface area contributed by atoms with E-state index in [-0.39, 0.29) is 24.4 Å². The topological polar surface area (TPSA) is 45.6 Å². The smallest absolute Gasteiger partial charge is 0.242 e. The number of hydrogen-bond acceptors (Lipinski definition) is 2. The Kier molecular flexibility index (Phi) is 7.48. The second kappa shape index (κ2) is 9.60. The van der Waals surface area contributed by atoms with Crippen molar-refractivity contribution in [3.05, 3.63) is 59.9 Å². The summed E-state index contributed by atoms with van der Waals surface area (Å²) in [5, 5.41) is -0.657. The standard InChI is InChI=1S/C21H28ClN3O2/c1-16(2)25(21(27)17(3)22)15-20(26)24(13-18-9-6-5-7-10-18)14-19-11-8-12-23(19)4/h5-12,16-17H,13-15H2,1-4H3/t17-/m1/s1. The molecule has 0 N–H and O–H groups in total. The molecule has 0 aliphatic heterocycles. The van der Waals surface area contributed by atoms with Crippen LogP contribution in [0.2, 0.25) is 0 Å². The third kappa shape index (κ3) is 5.86. The summed E-state index contributed by atoms with van der Waals surface area (Å²) in [7, 11) is 1.96. The van der Waals surface area contributed by atoms with E-state index in [2.05, 4.69) is 0 Å². The minimum absolute atomic E-state index is 0.0187. The second-order valence-corrected chi connectivity index (χ2v) is 7.68. The van der Waals surface area contributed by atoms with Crippen LogP contribution in [0.1, 0.15) is 32.0 Å². The average molecular weight is 390 g/mol. The van der Waals surface area contributed by atoms with E-state index in [0.29, 0.717) is 13.1 Å². The highest BCUT2D eigenvalue weighted by Gasteiger charge is 2.26. The summed E-state index contributed by atoms with van der Waals surface area (Å²) >= 11 is 5.98. The number of benzene rings is 1. The number of hydrogen-bond donors (Lipinski definition) is 0. The van der Waals surface area contributed by atoms with Crippen LogP contribution in [-0.2, 0) is 29.7 Å². The highest BCUT2D eigenvalue weighted by atomic mass is 35.5. The van der Waals surface area contributed by atoms with E-state index in [1.165, 1.54) is 0 Å². The molecule has 146 valence electrons. The van der Waals surface area contributed by atoms with Gasteiger partial charge in [0.2, 0.25) is 11.8 Å². The number of alkyl halides is 1. The molecular weight excluding hydrogens is 362 g/mol. The molecule has 0 aliphatic rings. The third-order valence-corrected chi connectivity index (χ3v) is 4.71. The van der Waals surface area contributed by atoms with E-state index in [1.807, 2.05) is 74.1 Å². The van der Waals surface area contributed by atoms with Crippen LogP contribution in [0.5, 0.6) is 0 Å². The van der Waals surface area contributed by atoms with Gasteiger partial charge in [-0.05, 0) is 38.5 Å². The summed E-state index contributed by atoms with van der Waals surface area (Å²) < 4.78 is 2.00. The number of carbonyl (C=O) groups excluding carboxylic acids is 2. The first kappa shape index (κ1) is 21.0. The van der Waals surface area contributed by atoms with Crippen molar-refractivity contribution in [2.24, 2.45) is 7.05 Å². The van der Waals surface area contributed by atoms with Crippen LogP contribution in [0.4, 0.5) is 0 Å². The van der Waals surface area contributed by atoms with Gasteiger partial charge in [0.25, 0.3) is 0 Å². The summed E-state index contributed by atoms with van der Waals surface area (Å²) in [6, 6.07) is 13.7. The van der Waals surface area contributed by atoms with E-state index < -0.39 is 5.38 Å². The number of rotatable bonds is 8. The lowest BCUT2D eigenvalue weighted by Crippen LogP contribution is -2.47. The Hall–Kier alpha value is -2.27. The molecule has 0 spiro atoms. The number of aromatic nitrogens is 1. The maximum Gasteiger partial charge on any atom is 0.242 e. The van der Waals surface area contributed by atoms with E-state index in [4.69, 9.17) is 11.6 Å². The first-order valence-electron chi connectivity index (χ1n) is 9.16. The lowest BCUT2D eigenvalue weighted by atomic mass is 10.2. The van der Waals surface area contributed by atoms with Crippen molar-refractivity contribution in [3.63, 3.8) is 0 Å². The molecule has 1 aromatic carbocycles. The predicted octanol–water partition coefficient (Wildman–Crippen LogP) is 3.42. The molecule has 0 aliphatic carbocycles. The van der Waals surface area contributed by atoms with Gasteiger partial charge in [-0.25, -0.2) is 0 Å². The molecule has 0 saturated heterocycles. The van der Waals surface area contributed by atoms with Crippen LogP contribution >= 0.6 is 11.6 Å². The summed E-state index contributed by atoms with van der Waals surface area (Å²) in [5.74, 6) is -0.321. The highest BCUT2D eigenvalue weighted by Crippen LogP contribution is 2.13. The Labute approximate surface area is 166 Å². The van der Waals surface area contributed by atoms with Gasteiger partial charge in [0.05, 0.1) is 6.54 Å². The largest absolute Gasteiger partial charge is 0.353 e. The van der Waals surface area contributed by atoms with Gasteiger partial charge in [0, 0.05) is 31.5 Å². The summed E-state index contributed by atoms with van der Waals surface area (Å²) in [4.78, 5) is 28.8. The normalized spacial score (nSPS) is 12.1.